The molecule has 2 aromatic carbocycles. The molecule has 146 valence electrons. The Labute approximate surface area is 185 Å². The Balaban J connectivity index is 2.03. The van der Waals surface area contributed by atoms with E-state index < -0.39 is 0 Å². The molecule has 0 amide bonds. The topological polar surface area (TPSA) is 20.3 Å². The minimum atomic E-state index is -0.00562. The highest BCUT2D eigenvalue weighted by molar-refractivity contribution is 6.36. The van der Waals surface area contributed by atoms with Crippen LogP contribution in [0.2, 0.25) is 20.1 Å². The standard InChI is InChI=1S/C22H19Cl4NO/c1-13(2)27-11-16(7-14-3-5-18(23)9-20(14)25)22(28)17(12-27)8-15-4-6-19(24)10-21(15)26/h3-10,13H,11-12H2,1-2H3. The average molecular weight is 455 g/mol. The van der Waals surface area contributed by atoms with Crippen molar-refractivity contribution in [2.75, 3.05) is 13.1 Å². The van der Waals surface area contributed by atoms with E-state index in [4.69, 9.17) is 46.4 Å². The first-order valence-electron chi connectivity index (χ1n) is 8.84. The van der Waals surface area contributed by atoms with Crippen LogP contribution in [-0.2, 0) is 4.79 Å². The number of Topliss-reactive ketones (excluding diaryl/α,β-unsaturated/α-hetero) is 1. The second-order valence-corrected chi connectivity index (χ2v) is 8.69. The molecular weight excluding hydrogens is 436 g/mol. The minimum Gasteiger partial charge on any atom is -0.292 e. The number of piperidine rings is 1. The van der Waals surface area contributed by atoms with Crippen molar-refractivity contribution in [3.8, 4) is 0 Å². The number of nitrogens with zero attached hydrogens (tertiary/aromatic N) is 1. The SMILES string of the molecule is CC(C)N1CC(=Cc2ccc(Cl)cc2Cl)C(=O)C(=Cc2ccc(Cl)cc2Cl)C1. The fraction of sp³-hybridized carbons (Fsp3) is 0.227. The summed E-state index contributed by atoms with van der Waals surface area (Å²) in [6.45, 7) is 5.33. The summed E-state index contributed by atoms with van der Waals surface area (Å²) >= 11 is 24.6. The Morgan fingerprint density at radius 1 is 0.821 bits per heavy atom. The maximum absolute atomic E-state index is 13.2. The quantitative estimate of drug-likeness (QED) is 0.462. The first kappa shape index (κ1) is 21.4. The van der Waals surface area contributed by atoms with E-state index >= 15 is 0 Å². The summed E-state index contributed by atoms with van der Waals surface area (Å²) in [5.41, 5.74) is 2.90. The van der Waals surface area contributed by atoms with E-state index in [0.29, 0.717) is 44.3 Å². The molecule has 28 heavy (non-hydrogen) atoms. The number of hydrogen-bond acceptors (Lipinski definition) is 2. The highest BCUT2D eigenvalue weighted by Crippen LogP contribution is 2.29. The number of rotatable bonds is 3. The summed E-state index contributed by atoms with van der Waals surface area (Å²) in [4.78, 5) is 15.4. The molecule has 1 aliphatic heterocycles. The van der Waals surface area contributed by atoms with Gasteiger partial charge in [0, 0.05) is 50.4 Å². The van der Waals surface area contributed by atoms with Crippen molar-refractivity contribution < 1.29 is 4.79 Å². The van der Waals surface area contributed by atoms with Crippen molar-refractivity contribution in [3.05, 3.63) is 78.8 Å². The van der Waals surface area contributed by atoms with Gasteiger partial charge in [-0.25, -0.2) is 0 Å². The van der Waals surface area contributed by atoms with Gasteiger partial charge in [-0.15, -0.1) is 0 Å². The van der Waals surface area contributed by atoms with Gasteiger partial charge in [-0.2, -0.15) is 0 Å². The zero-order chi connectivity index (χ0) is 20.4. The second-order valence-electron chi connectivity index (χ2n) is 7.00. The molecule has 2 aromatic rings. The molecule has 0 saturated carbocycles. The number of carbonyl (C=O) groups is 1. The smallest absolute Gasteiger partial charge is 0.187 e. The number of halogens is 4. The number of carbonyl (C=O) groups excluding carboxylic acids is 1. The molecule has 0 unspecified atom stereocenters. The van der Waals surface area contributed by atoms with Crippen LogP contribution in [0.5, 0.6) is 0 Å². The maximum Gasteiger partial charge on any atom is 0.187 e. The lowest BCUT2D eigenvalue weighted by molar-refractivity contribution is -0.113. The van der Waals surface area contributed by atoms with Gasteiger partial charge >= 0.3 is 0 Å². The normalized spacial score (nSPS) is 18.5. The van der Waals surface area contributed by atoms with Gasteiger partial charge in [-0.3, -0.25) is 9.69 Å². The molecule has 1 saturated heterocycles. The average Bonchev–Trinajstić information content (AvgIpc) is 2.62. The maximum atomic E-state index is 13.2. The Morgan fingerprint density at radius 3 is 1.61 bits per heavy atom. The van der Waals surface area contributed by atoms with Gasteiger partial charge in [0.1, 0.15) is 0 Å². The molecule has 0 atom stereocenters. The lowest BCUT2D eigenvalue weighted by Crippen LogP contribution is -2.41. The second kappa shape index (κ2) is 9.02. The Kier molecular flexibility index (Phi) is 6.90. The van der Waals surface area contributed by atoms with Crippen LogP contribution in [0.25, 0.3) is 12.2 Å². The molecular formula is C22H19Cl4NO. The van der Waals surface area contributed by atoms with Gasteiger partial charge in [0.05, 0.1) is 0 Å². The van der Waals surface area contributed by atoms with E-state index in [0.717, 1.165) is 11.1 Å². The van der Waals surface area contributed by atoms with Crippen molar-refractivity contribution in [3.63, 3.8) is 0 Å². The van der Waals surface area contributed by atoms with Crippen LogP contribution in [0, 0.1) is 0 Å². The molecule has 6 heteroatoms. The van der Waals surface area contributed by atoms with E-state index in [-0.39, 0.29) is 11.8 Å². The van der Waals surface area contributed by atoms with Crippen molar-refractivity contribution >= 4 is 64.3 Å². The van der Waals surface area contributed by atoms with Gasteiger partial charge < -0.3 is 0 Å². The van der Waals surface area contributed by atoms with Gasteiger partial charge in [0.2, 0.25) is 0 Å². The predicted molar refractivity (Wildman–Crippen MR) is 121 cm³/mol. The molecule has 1 aliphatic rings. The fourth-order valence-corrected chi connectivity index (χ4v) is 3.97. The monoisotopic (exact) mass is 453 g/mol. The predicted octanol–water partition coefficient (Wildman–Crippen LogP) is 7.06. The van der Waals surface area contributed by atoms with Crippen molar-refractivity contribution in [2.24, 2.45) is 0 Å². The molecule has 0 aromatic heterocycles. The van der Waals surface area contributed by atoms with Gasteiger partial charge in [0.25, 0.3) is 0 Å². The number of hydrogen-bond donors (Lipinski definition) is 0. The summed E-state index contributed by atoms with van der Waals surface area (Å²) in [6, 6.07) is 10.8. The minimum absolute atomic E-state index is 0.00562. The van der Waals surface area contributed by atoms with Crippen LogP contribution in [-0.4, -0.2) is 29.8 Å². The third kappa shape index (κ3) is 5.00. The Bertz CT molecular complexity index is 905. The van der Waals surface area contributed by atoms with E-state index in [1.54, 1.807) is 24.3 Å². The van der Waals surface area contributed by atoms with Crippen LogP contribution in [0.4, 0.5) is 0 Å². The summed E-state index contributed by atoms with van der Waals surface area (Å²) in [7, 11) is 0. The zero-order valence-electron chi connectivity index (χ0n) is 15.5. The Hall–Kier alpha value is -1.29. The van der Waals surface area contributed by atoms with Crippen LogP contribution >= 0.6 is 46.4 Å². The highest BCUT2D eigenvalue weighted by atomic mass is 35.5. The largest absolute Gasteiger partial charge is 0.292 e. The number of ketones is 1. The third-order valence-electron chi connectivity index (χ3n) is 4.64. The number of likely N-dealkylation sites (tertiary alicyclic amines) is 1. The van der Waals surface area contributed by atoms with Gasteiger partial charge in [0.15, 0.2) is 5.78 Å². The molecule has 3 rings (SSSR count). The van der Waals surface area contributed by atoms with E-state index in [2.05, 4.69) is 18.7 Å². The molecule has 1 heterocycles. The summed E-state index contributed by atoms with van der Waals surface area (Å²) in [5, 5.41) is 2.15. The zero-order valence-corrected chi connectivity index (χ0v) is 18.5. The van der Waals surface area contributed by atoms with Gasteiger partial charge in [-0.1, -0.05) is 58.5 Å². The fourth-order valence-electron chi connectivity index (χ4n) is 3.04. The van der Waals surface area contributed by atoms with E-state index in [1.807, 2.05) is 24.3 Å². The molecule has 2 nitrogen and oxygen atoms in total. The first-order chi connectivity index (χ1) is 13.2. The van der Waals surface area contributed by atoms with Crippen LogP contribution in [0.1, 0.15) is 25.0 Å². The van der Waals surface area contributed by atoms with E-state index in [1.165, 1.54) is 0 Å². The molecule has 1 fully saturated rings. The lowest BCUT2D eigenvalue weighted by Gasteiger charge is -2.33. The van der Waals surface area contributed by atoms with Crippen LogP contribution in [0.15, 0.2) is 47.5 Å². The van der Waals surface area contributed by atoms with E-state index in [9.17, 15) is 4.79 Å². The van der Waals surface area contributed by atoms with Crippen molar-refractivity contribution in [1.82, 2.24) is 4.90 Å². The third-order valence-corrected chi connectivity index (χ3v) is 5.77. The lowest BCUT2D eigenvalue weighted by atomic mass is 9.93. The van der Waals surface area contributed by atoms with Gasteiger partial charge in [-0.05, 0) is 61.4 Å². The summed E-state index contributed by atoms with van der Waals surface area (Å²) in [5.74, 6) is -0.00562. The molecule has 0 aliphatic carbocycles. The van der Waals surface area contributed by atoms with Crippen LogP contribution in [0.3, 0.4) is 0 Å². The molecule has 0 N–H and O–H groups in total. The number of benzene rings is 2. The van der Waals surface area contributed by atoms with Crippen molar-refractivity contribution in [1.29, 1.82) is 0 Å². The van der Waals surface area contributed by atoms with Crippen LogP contribution < -0.4 is 0 Å². The summed E-state index contributed by atoms with van der Waals surface area (Å²) < 4.78 is 0. The summed E-state index contributed by atoms with van der Waals surface area (Å²) in [6.07, 6.45) is 3.68. The highest BCUT2D eigenvalue weighted by Gasteiger charge is 2.27. The molecule has 0 bridgehead atoms. The van der Waals surface area contributed by atoms with Crippen molar-refractivity contribution in [2.45, 2.75) is 19.9 Å². The molecule has 0 spiro atoms. The first-order valence-corrected chi connectivity index (χ1v) is 10.4. The molecule has 0 radical (unpaired) electrons. The Morgan fingerprint density at radius 2 is 1.25 bits per heavy atom.